The fourth-order valence-electron chi connectivity index (χ4n) is 3.48. The van der Waals surface area contributed by atoms with Crippen molar-refractivity contribution in [3.8, 4) is 0 Å². The molecule has 1 aliphatic heterocycles. The molecule has 0 aliphatic carbocycles. The Hall–Kier alpha value is -1.75. The minimum atomic E-state index is -0.639. The van der Waals surface area contributed by atoms with Crippen LogP contribution in [0.4, 0.5) is 4.39 Å². The molecule has 0 radical (unpaired) electrons. The zero-order valence-corrected chi connectivity index (χ0v) is 13.7. The van der Waals surface area contributed by atoms with E-state index in [0.717, 1.165) is 30.5 Å². The zero-order chi connectivity index (χ0) is 16.9. The second kappa shape index (κ2) is 7.88. The van der Waals surface area contributed by atoms with Crippen LogP contribution in [0, 0.1) is 5.82 Å². The van der Waals surface area contributed by atoms with Crippen LogP contribution in [-0.4, -0.2) is 34.2 Å². The lowest BCUT2D eigenvalue weighted by molar-refractivity contribution is 0.0783. The number of aliphatic hydroxyl groups is 2. The zero-order valence-electron chi connectivity index (χ0n) is 13.7. The summed E-state index contributed by atoms with van der Waals surface area (Å²) in [6.45, 7) is 1.43. The number of nitrogens with zero attached hydrogens (tertiary/aromatic N) is 1. The van der Waals surface area contributed by atoms with Gasteiger partial charge in [0.1, 0.15) is 5.82 Å². The van der Waals surface area contributed by atoms with Gasteiger partial charge < -0.3 is 10.2 Å². The van der Waals surface area contributed by atoms with Gasteiger partial charge in [-0.05, 0) is 49.1 Å². The molecular weight excluding hydrogens is 305 g/mol. The molecule has 1 saturated heterocycles. The van der Waals surface area contributed by atoms with Crippen molar-refractivity contribution in [3.63, 3.8) is 0 Å². The van der Waals surface area contributed by atoms with Crippen LogP contribution < -0.4 is 0 Å². The maximum Gasteiger partial charge on any atom is 0.123 e. The smallest absolute Gasteiger partial charge is 0.123 e. The Morgan fingerprint density at radius 3 is 2.33 bits per heavy atom. The van der Waals surface area contributed by atoms with Crippen molar-refractivity contribution in [2.24, 2.45) is 0 Å². The van der Waals surface area contributed by atoms with E-state index in [0.29, 0.717) is 13.0 Å². The molecule has 0 spiro atoms. The summed E-state index contributed by atoms with van der Waals surface area (Å²) in [5.41, 5.74) is 1.66. The summed E-state index contributed by atoms with van der Waals surface area (Å²) in [6, 6.07) is 16.0. The molecule has 0 saturated carbocycles. The highest BCUT2D eigenvalue weighted by Crippen LogP contribution is 2.29. The predicted molar refractivity (Wildman–Crippen MR) is 92.0 cm³/mol. The van der Waals surface area contributed by atoms with Crippen LogP contribution in [0.25, 0.3) is 0 Å². The highest BCUT2D eigenvalue weighted by molar-refractivity contribution is 5.19. The van der Waals surface area contributed by atoms with Gasteiger partial charge in [0.05, 0.1) is 12.2 Å². The van der Waals surface area contributed by atoms with Crippen LogP contribution in [0.1, 0.15) is 42.6 Å². The van der Waals surface area contributed by atoms with Crippen molar-refractivity contribution in [2.75, 3.05) is 13.1 Å². The van der Waals surface area contributed by atoms with Gasteiger partial charge >= 0.3 is 0 Å². The molecule has 4 heteroatoms. The van der Waals surface area contributed by atoms with Crippen LogP contribution in [0.15, 0.2) is 54.6 Å². The highest BCUT2D eigenvalue weighted by atomic mass is 19.1. The minimum absolute atomic E-state index is 0.260. The molecule has 1 aliphatic rings. The Bertz CT molecular complexity index is 632. The molecular formula is C20H24FNO2. The highest BCUT2D eigenvalue weighted by Gasteiger charge is 2.28. The van der Waals surface area contributed by atoms with Crippen molar-refractivity contribution in [1.29, 1.82) is 0 Å². The molecule has 1 fully saturated rings. The molecule has 128 valence electrons. The molecule has 2 N–H and O–H groups in total. The monoisotopic (exact) mass is 329 g/mol. The lowest BCUT2D eigenvalue weighted by Crippen LogP contribution is -2.34. The Balaban J connectivity index is 1.60. The Morgan fingerprint density at radius 2 is 1.62 bits per heavy atom. The third kappa shape index (κ3) is 4.20. The number of aliphatic hydroxyl groups excluding tert-OH is 2. The van der Waals surface area contributed by atoms with Gasteiger partial charge in [-0.15, -0.1) is 0 Å². The first-order chi connectivity index (χ1) is 11.6. The molecule has 0 bridgehead atoms. The first-order valence-corrected chi connectivity index (χ1v) is 8.54. The molecule has 24 heavy (non-hydrogen) atoms. The van der Waals surface area contributed by atoms with Crippen molar-refractivity contribution in [2.45, 2.75) is 37.5 Å². The van der Waals surface area contributed by atoms with Crippen molar-refractivity contribution >= 4 is 0 Å². The van der Waals surface area contributed by atoms with E-state index >= 15 is 0 Å². The van der Waals surface area contributed by atoms with Crippen LogP contribution in [0.3, 0.4) is 0 Å². The third-order valence-corrected chi connectivity index (χ3v) is 4.84. The molecule has 3 rings (SSSR count). The maximum atomic E-state index is 13.0. The van der Waals surface area contributed by atoms with Gasteiger partial charge in [0.25, 0.3) is 0 Å². The van der Waals surface area contributed by atoms with E-state index in [4.69, 9.17) is 0 Å². The Labute approximate surface area is 142 Å². The quantitative estimate of drug-likeness (QED) is 0.853. The van der Waals surface area contributed by atoms with E-state index in [1.165, 1.54) is 12.1 Å². The lowest BCUT2D eigenvalue weighted by Gasteiger charge is -2.28. The standard InChI is InChI=1S/C20H24FNO2/c21-17-10-8-16(9-11-17)20(24)14-22-12-4-7-18(22)13-19(23)15-5-2-1-3-6-15/h1-3,5-6,8-11,18-20,23-24H,4,7,12-14H2. The van der Waals surface area contributed by atoms with E-state index in [1.807, 2.05) is 30.3 Å². The van der Waals surface area contributed by atoms with E-state index in [1.54, 1.807) is 12.1 Å². The van der Waals surface area contributed by atoms with Crippen molar-refractivity contribution in [3.05, 3.63) is 71.5 Å². The maximum absolute atomic E-state index is 13.0. The number of β-amino-alcohol motifs (C(OH)–C–C–N with tert-alkyl or cyclic N) is 1. The van der Waals surface area contributed by atoms with Crippen LogP contribution in [-0.2, 0) is 0 Å². The summed E-state index contributed by atoms with van der Waals surface area (Å²) in [4.78, 5) is 2.24. The van der Waals surface area contributed by atoms with E-state index in [2.05, 4.69) is 4.90 Å². The molecule has 0 amide bonds. The van der Waals surface area contributed by atoms with Crippen LogP contribution in [0.5, 0.6) is 0 Å². The summed E-state index contributed by atoms with van der Waals surface area (Å²) < 4.78 is 13.0. The summed E-state index contributed by atoms with van der Waals surface area (Å²) in [6.07, 6.45) is 1.64. The molecule has 0 aromatic heterocycles. The van der Waals surface area contributed by atoms with Gasteiger partial charge in [-0.3, -0.25) is 4.90 Å². The molecule has 1 heterocycles. The summed E-state index contributed by atoms with van der Waals surface area (Å²) in [7, 11) is 0. The third-order valence-electron chi connectivity index (χ3n) is 4.84. The van der Waals surface area contributed by atoms with E-state index in [-0.39, 0.29) is 11.9 Å². The molecule has 3 atom stereocenters. The Morgan fingerprint density at radius 1 is 0.958 bits per heavy atom. The van der Waals surface area contributed by atoms with Gasteiger partial charge in [0.15, 0.2) is 0 Å². The van der Waals surface area contributed by atoms with E-state index < -0.39 is 12.2 Å². The minimum Gasteiger partial charge on any atom is -0.388 e. The van der Waals surface area contributed by atoms with Gasteiger partial charge in [-0.2, -0.15) is 0 Å². The SMILES string of the molecule is OC(CC1CCCN1CC(O)c1ccc(F)cc1)c1ccccc1. The normalized spacial score (nSPS) is 20.9. The number of rotatable bonds is 6. The van der Waals surface area contributed by atoms with Crippen molar-refractivity contribution < 1.29 is 14.6 Å². The summed E-state index contributed by atoms with van der Waals surface area (Å²) >= 11 is 0. The largest absolute Gasteiger partial charge is 0.388 e. The topological polar surface area (TPSA) is 43.7 Å². The number of likely N-dealkylation sites (tertiary alicyclic amines) is 1. The number of halogens is 1. The molecule has 3 nitrogen and oxygen atoms in total. The number of benzene rings is 2. The van der Waals surface area contributed by atoms with Crippen molar-refractivity contribution in [1.82, 2.24) is 4.90 Å². The second-order valence-electron chi connectivity index (χ2n) is 6.52. The fraction of sp³-hybridized carbons (Fsp3) is 0.400. The van der Waals surface area contributed by atoms with E-state index in [9.17, 15) is 14.6 Å². The average Bonchev–Trinajstić information content (AvgIpc) is 3.03. The second-order valence-corrected chi connectivity index (χ2v) is 6.52. The number of hydrogen-bond donors (Lipinski definition) is 2. The summed E-state index contributed by atoms with van der Waals surface area (Å²) in [5, 5.41) is 20.9. The molecule has 2 aromatic carbocycles. The van der Waals surface area contributed by atoms with Gasteiger partial charge in [0, 0.05) is 12.6 Å². The predicted octanol–water partition coefficient (Wildman–Crippen LogP) is 3.45. The van der Waals surface area contributed by atoms with Gasteiger partial charge in [0.2, 0.25) is 0 Å². The first-order valence-electron chi connectivity index (χ1n) is 8.54. The molecule has 3 unspecified atom stereocenters. The lowest BCUT2D eigenvalue weighted by atomic mass is 10.00. The Kier molecular flexibility index (Phi) is 5.61. The van der Waals surface area contributed by atoms with Gasteiger partial charge in [-0.1, -0.05) is 42.5 Å². The number of hydrogen-bond acceptors (Lipinski definition) is 3. The van der Waals surface area contributed by atoms with Gasteiger partial charge in [-0.25, -0.2) is 4.39 Å². The van der Waals surface area contributed by atoms with Crippen LogP contribution in [0.2, 0.25) is 0 Å². The average molecular weight is 329 g/mol. The molecule has 2 aromatic rings. The fourth-order valence-corrected chi connectivity index (χ4v) is 3.48. The van der Waals surface area contributed by atoms with Crippen LogP contribution >= 0.6 is 0 Å². The first kappa shape index (κ1) is 17.1. The summed E-state index contributed by atoms with van der Waals surface area (Å²) in [5.74, 6) is -0.295.